The molecule has 1 heterocycles. The third-order valence-electron chi connectivity index (χ3n) is 2.47. The van der Waals surface area contributed by atoms with Gasteiger partial charge < -0.3 is 5.32 Å². The Balaban J connectivity index is 2.16. The van der Waals surface area contributed by atoms with Crippen LogP contribution in [0.2, 0.25) is 0 Å². The van der Waals surface area contributed by atoms with Crippen molar-refractivity contribution in [3.05, 3.63) is 34.3 Å². The highest BCUT2D eigenvalue weighted by Gasteiger charge is 2.51. The second-order valence-corrected chi connectivity index (χ2v) is 5.88. The molecule has 0 radical (unpaired) electrons. The first kappa shape index (κ1) is 9.56. The van der Waals surface area contributed by atoms with Crippen molar-refractivity contribution < 1.29 is 0 Å². The Morgan fingerprint density at radius 1 is 1.38 bits per heavy atom. The Hall–Kier alpha value is 0.01000. The van der Waals surface area contributed by atoms with E-state index in [-0.39, 0.29) is 4.87 Å². The van der Waals surface area contributed by atoms with Crippen LogP contribution in [0.1, 0.15) is 17.7 Å². The number of rotatable bonds is 2. The molecule has 0 amide bonds. The maximum absolute atomic E-state index is 3.44. The molecule has 0 aliphatic carbocycles. The lowest BCUT2D eigenvalue weighted by Gasteiger charge is -2.06. The summed E-state index contributed by atoms with van der Waals surface area (Å²) in [6.45, 7) is 2.24. The highest BCUT2D eigenvalue weighted by Crippen LogP contribution is 2.62. The van der Waals surface area contributed by atoms with Gasteiger partial charge in [0.1, 0.15) is 0 Å². The van der Waals surface area contributed by atoms with Gasteiger partial charge in [-0.15, -0.1) is 11.8 Å². The van der Waals surface area contributed by atoms with E-state index in [0.717, 1.165) is 4.47 Å². The zero-order chi connectivity index (χ0) is 9.47. The molecule has 1 fully saturated rings. The molecular weight excluding hydrogens is 246 g/mol. The molecular formula is C10H12BrNS. The van der Waals surface area contributed by atoms with Crippen LogP contribution in [0.3, 0.4) is 0 Å². The molecule has 1 aromatic carbocycles. The Kier molecular flexibility index (Phi) is 2.43. The standard InChI is InChI=1S/C10H12BrNS/c1-10(12-2)9(13-10)7-3-5-8(11)6-4-7/h3-6,9,12H,1-2H3/t9?,10-/m1/s1. The minimum atomic E-state index is 0.258. The quantitative estimate of drug-likeness (QED) is 0.818. The molecule has 1 nitrogen and oxygen atoms in total. The zero-order valence-electron chi connectivity index (χ0n) is 7.67. The monoisotopic (exact) mass is 257 g/mol. The fourth-order valence-corrected chi connectivity index (χ4v) is 2.78. The van der Waals surface area contributed by atoms with Gasteiger partial charge in [-0.2, -0.15) is 0 Å². The SMILES string of the molecule is CN[C@]1(C)SC1c1ccc(Br)cc1. The zero-order valence-corrected chi connectivity index (χ0v) is 10.1. The van der Waals surface area contributed by atoms with Crippen LogP contribution in [0.5, 0.6) is 0 Å². The highest BCUT2D eigenvalue weighted by atomic mass is 79.9. The molecule has 1 saturated heterocycles. The lowest BCUT2D eigenvalue weighted by atomic mass is 10.1. The van der Waals surface area contributed by atoms with Crippen molar-refractivity contribution in [3.8, 4) is 0 Å². The smallest absolute Gasteiger partial charge is 0.0783 e. The van der Waals surface area contributed by atoms with Crippen molar-refractivity contribution in [2.24, 2.45) is 0 Å². The van der Waals surface area contributed by atoms with Crippen molar-refractivity contribution >= 4 is 27.7 Å². The van der Waals surface area contributed by atoms with Gasteiger partial charge in [0, 0.05) is 4.47 Å². The predicted octanol–water partition coefficient (Wildman–Crippen LogP) is 3.17. The summed E-state index contributed by atoms with van der Waals surface area (Å²) in [5.41, 5.74) is 1.41. The average Bonchev–Trinajstić information content (AvgIpc) is 2.81. The second kappa shape index (κ2) is 3.30. The third-order valence-corrected chi connectivity index (χ3v) is 4.66. The Bertz CT molecular complexity index is 311. The third kappa shape index (κ3) is 1.78. The van der Waals surface area contributed by atoms with E-state index in [4.69, 9.17) is 0 Å². The number of benzene rings is 1. The van der Waals surface area contributed by atoms with Crippen LogP contribution in [-0.4, -0.2) is 11.9 Å². The summed E-state index contributed by atoms with van der Waals surface area (Å²) in [7, 11) is 2.02. The van der Waals surface area contributed by atoms with Crippen LogP contribution in [0.4, 0.5) is 0 Å². The first-order valence-corrected chi connectivity index (χ1v) is 5.95. The summed E-state index contributed by atoms with van der Waals surface area (Å²) >= 11 is 5.41. The Morgan fingerprint density at radius 3 is 2.46 bits per heavy atom. The van der Waals surface area contributed by atoms with Crippen molar-refractivity contribution in [3.63, 3.8) is 0 Å². The maximum atomic E-state index is 3.44. The van der Waals surface area contributed by atoms with E-state index in [0.29, 0.717) is 5.25 Å². The van der Waals surface area contributed by atoms with Crippen LogP contribution in [0.25, 0.3) is 0 Å². The Labute approximate surface area is 91.4 Å². The van der Waals surface area contributed by atoms with E-state index in [1.807, 2.05) is 18.8 Å². The van der Waals surface area contributed by atoms with Crippen LogP contribution in [-0.2, 0) is 0 Å². The summed E-state index contributed by atoms with van der Waals surface area (Å²) in [5, 5.41) is 3.95. The number of likely N-dealkylation sites (N-methyl/N-ethyl adjacent to an activating group) is 1. The molecule has 3 heteroatoms. The summed E-state index contributed by atoms with van der Waals surface area (Å²) < 4.78 is 1.15. The molecule has 0 aromatic heterocycles. The summed E-state index contributed by atoms with van der Waals surface area (Å²) in [6.07, 6.45) is 0. The minimum absolute atomic E-state index is 0.258. The fourth-order valence-electron chi connectivity index (χ4n) is 1.42. The predicted molar refractivity (Wildman–Crippen MR) is 61.9 cm³/mol. The van der Waals surface area contributed by atoms with Gasteiger partial charge in [-0.1, -0.05) is 28.1 Å². The molecule has 0 saturated carbocycles. The molecule has 0 bridgehead atoms. The molecule has 1 N–H and O–H groups in total. The summed E-state index contributed by atoms with van der Waals surface area (Å²) in [6, 6.07) is 8.57. The van der Waals surface area contributed by atoms with Gasteiger partial charge in [-0.05, 0) is 31.7 Å². The minimum Gasteiger partial charge on any atom is -0.305 e. The van der Waals surface area contributed by atoms with Crippen molar-refractivity contribution in [1.29, 1.82) is 0 Å². The topological polar surface area (TPSA) is 12.0 Å². The second-order valence-electron chi connectivity index (χ2n) is 3.41. The summed E-state index contributed by atoms with van der Waals surface area (Å²) in [5.74, 6) is 0. The molecule has 1 unspecified atom stereocenters. The van der Waals surface area contributed by atoms with E-state index in [9.17, 15) is 0 Å². The molecule has 1 aliphatic heterocycles. The van der Waals surface area contributed by atoms with Gasteiger partial charge in [-0.3, -0.25) is 0 Å². The summed E-state index contributed by atoms with van der Waals surface area (Å²) in [4.78, 5) is 0.258. The van der Waals surface area contributed by atoms with Crippen molar-refractivity contribution in [2.45, 2.75) is 17.0 Å². The maximum Gasteiger partial charge on any atom is 0.0783 e. The van der Waals surface area contributed by atoms with Crippen molar-refractivity contribution in [1.82, 2.24) is 5.32 Å². The van der Waals surface area contributed by atoms with E-state index < -0.39 is 0 Å². The molecule has 1 aromatic rings. The van der Waals surface area contributed by atoms with Crippen LogP contribution < -0.4 is 5.32 Å². The Morgan fingerprint density at radius 2 is 2.00 bits per heavy atom. The molecule has 13 heavy (non-hydrogen) atoms. The van der Waals surface area contributed by atoms with Gasteiger partial charge in [-0.25, -0.2) is 0 Å². The average molecular weight is 258 g/mol. The highest BCUT2D eigenvalue weighted by molar-refractivity contribution is 9.10. The van der Waals surface area contributed by atoms with E-state index >= 15 is 0 Å². The van der Waals surface area contributed by atoms with Gasteiger partial charge in [0.25, 0.3) is 0 Å². The van der Waals surface area contributed by atoms with Gasteiger partial charge in [0.2, 0.25) is 0 Å². The lowest BCUT2D eigenvalue weighted by Crippen LogP contribution is -2.24. The normalized spacial score (nSPS) is 31.8. The first-order valence-electron chi connectivity index (χ1n) is 4.28. The lowest BCUT2D eigenvalue weighted by molar-refractivity contribution is 0.616. The first-order chi connectivity index (χ1) is 6.15. The number of halogens is 1. The fraction of sp³-hybridized carbons (Fsp3) is 0.400. The van der Waals surface area contributed by atoms with Gasteiger partial charge >= 0.3 is 0 Å². The molecule has 2 atom stereocenters. The van der Waals surface area contributed by atoms with E-state index in [1.165, 1.54) is 5.56 Å². The van der Waals surface area contributed by atoms with E-state index in [2.05, 4.69) is 52.4 Å². The number of hydrogen-bond donors (Lipinski definition) is 1. The van der Waals surface area contributed by atoms with E-state index in [1.54, 1.807) is 0 Å². The molecule has 0 spiro atoms. The largest absolute Gasteiger partial charge is 0.305 e. The van der Waals surface area contributed by atoms with Crippen LogP contribution >= 0.6 is 27.7 Å². The number of thioether (sulfide) groups is 1. The molecule has 2 rings (SSSR count). The molecule has 1 aliphatic rings. The number of nitrogens with one attached hydrogen (secondary N) is 1. The van der Waals surface area contributed by atoms with Gasteiger partial charge in [0.05, 0.1) is 10.1 Å². The molecule has 70 valence electrons. The van der Waals surface area contributed by atoms with Gasteiger partial charge in [0.15, 0.2) is 0 Å². The number of hydrogen-bond acceptors (Lipinski definition) is 2. The van der Waals surface area contributed by atoms with Crippen molar-refractivity contribution in [2.75, 3.05) is 7.05 Å². The van der Waals surface area contributed by atoms with Crippen LogP contribution in [0, 0.1) is 0 Å². The van der Waals surface area contributed by atoms with Crippen LogP contribution in [0.15, 0.2) is 28.7 Å².